The Morgan fingerprint density at radius 1 is 1.29 bits per heavy atom. The average Bonchev–Trinajstić information content (AvgIpc) is 2.41. The Kier molecular flexibility index (Phi) is 4.70. The number of nitrogens with two attached hydrogens (primary N) is 1. The minimum absolute atomic E-state index is 0.0450. The molecule has 1 aromatic carbocycles. The van der Waals surface area contributed by atoms with E-state index in [4.69, 9.17) is 5.73 Å². The van der Waals surface area contributed by atoms with Crippen molar-refractivity contribution < 1.29 is 12.8 Å². The molecule has 1 heterocycles. The summed E-state index contributed by atoms with van der Waals surface area (Å²) in [6.45, 7) is 5.43. The number of rotatable bonds is 3. The van der Waals surface area contributed by atoms with Crippen molar-refractivity contribution in [2.75, 3.05) is 0 Å². The molecule has 0 bridgehead atoms. The fourth-order valence-corrected chi connectivity index (χ4v) is 5.25. The minimum atomic E-state index is -3.71. The van der Waals surface area contributed by atoms with E-state index in [9.17, 15) is 12.8 Å². The monoisotopic (exact) mass is 314 g/mol. The highest BCUT2D eigenvalue weighted by Gasteiger charge is 2.36. The number of piperidine rings is 1. The standard InChI is InChI=1S/C15H23FN2O2S/c1-10-5-4-6-11(2)18(10)21(19,20)15-8-13(9-17)7-14(16)12(15)3/h7-8,10-11H,4-6,9,17H2,1-3H3/t10-,11+. The first-order valence-corrected chi connectivity index (χ1v) is 8.75. The van der Waals surface area contributed by atoms with Crippen molar-refractivity contribution in [3.8, 4) is 0 Å². The van der Waals surface area contributed by atoms with Crippen molar-refractivity contribution in [2.24, 2.45) is 5.73 Å². The van der Waals surface area contributed by atoms with Crippen molar-refractivity contribution in [1.29, 1.82) is 0 Å². The van der Waals surface area contributed by atoms with Gasteiger partial charge in [0.05, 0.1) is 4.90 Å². The van der Waals surface area contributed by atoms with E-state index < -0.39 is 15.8 Å². The maximum Gasteiger partial charge on any atom is 0.243 e. The molecule has 1 saturated heterocycles. The molecule has 0 amide bonds. The first-order chi connectivity index (χ1) is 9.78. The molecule has 4 nitrogen and oxygen atoms in total. The van der Waals surface area contributed by atoms with E-state index in [-0.39, 0.29) is 29.1 Å². The van der Waals surface area contributed by atoms with Gasteiger partial charge in [0.2, 0.25) is 10.0 Å². The summed E-state index contributed by atoms with van der Waals surface area (Å²) in [4.78, 5) is 0.0450. The first-order valence-electron chi connectivity index (χ1n) is 7.31. The van der Waals surface area contributed by atoms with Crippen molar-refractivity contribution in [3.05, 3.63) is 29.1 Å². The Hall–Kier alpha value is -0.980. The molecule has 2 atom stereocenters. The Bertz CT molecular complexity index is 621. The molecule has 0 aliphatic carbocycles. The normalized spacial score (nSPS) is 24.2. The van der Waals surface area contributed by atoms with Crippen LogP contribution in [0.2, 0.25) is 0 Å². The molecular formula is C15H23FN2O2S. The lowest BCUT2D eigenvalue weighted by Gasteiger charge is -2.38. The Balaban J connectivity index is 2.55. The zero-order valence-corrected chi connectivity index (χ0v) is 13.6. The SMILES string of the molecule is Cc1c(F)cc(CN)cc1S(=O)(=O)N1[C@H](C)CCC[C@@H]1C. The van der Waals surface area contributed by atoms with Crippen LogP contribution < -0.4 is 5.73 Å². The summed E-state index contributed by atoms with van der Waals surface area (Å²) >= 11 is 0. The zero-order chi connectivity index (χ0) is 15.8. The van der Waals surface area contributed by atoms with Gasteiger partial charge >= 0.3 is 0 Å². The molecule has 1 aliphatic rings. The van der Waals surface area contributed by atoms with Gasteiger partial charge in [-0.1, -0.05) is 6.42 Å². The lowest BCUT2D eigenvalue weighted by atomic mass is 10.0. The smallest absolute Gasteiger partial charge is 0.243 e. The first kappa shape index (κ1) is 16.4. The quantitative estimate of drug-likeness (QED) is 0.932. The molecule has 1 fully saturated rings. The highest BCUT2D eigenvalue weighted by Crippen LogP contribution is 2.32. The molecule has 0 radical (unpaired) electrons. The summed E-state index contributed by atoms with van der Waals surface area (Å²) in [5.74, 6) is -0.520. The number of nitrogens with zero attached hydrogens (tertiary/aromatic N) is 1. The second-order valence-electron chi connectivity index (χ2n) is 5.87. The second-order valence-corrected chi connectivity index (χ2v) is 7.68. The summed E-state index contributed by atoms with van der Waals surface area (Å²) in [6.07, 6.45) is 2.69. The van der Waals surface area contributed by atoms with Crippen LogP contribution in [0.15, 0.2) is 17.0 Å². The van der Waals surface area contributed by atoms with E-state index in [2.05, 4.69) is 0 Å². The van der Waals surface area contributed by atoms with E-state index in [1.165, 1.54) is 23.4 Å². The number of halogens is 1. The van der Waals surface area contributed by atoms with Crippen LogP contribution in [-0.4, -0.2) is 24.8 Å². The Morgan fingerprint density at radius 2 is 1.86 bits per heavy atom. The second kappa shape index (κ2) is 6.02. The number of hydrogen-bond donors (Lipinski definition) is 1. The highest BCUT2D eigenvalue weighted by molar-refractivity contribution is 7.89. The van der Waals surface area contributed by atoms with Crippen molar-refractivity contribution in [3.63, 3.8) is 0 Å². The molecule has 2 rings (SSSR count). The maximum atomic E-state index is 14.0. The molecule has 0 unspecified atom stereocenters. The summed E-state index contributed by atoms with van der Waals surface area (Å²) < 4.78 is 41.4. The lowest BCUT2D eigenvalue weighted by molar-refractivity contribution is 0.204. The molecule has 21 heavy (non-hydrogen) atoms. The highest BCUT2D eigenvalue weighted by atomic mass is 32.2. The van der Waals surface area contributed by atoms with Crippen LogP contribution in [0.4, 0.5) is 4.39 Å². The Morgan fingerprint density at radius 3 is 2.38 bits per heavy atom. The summed E-state index contributed by atoms with van der Waals surface area (Å²) in [5, 5.41) is 0. The molecule has 2 N–H and O–H groups in total. The van der Waals surface area contributed by atoms with Gasteiger partial charge in [-0.25, -0.2) is 12.8 Å². The fraction of sp³-hybridized carbons (Fsp3) is 0.600. The maximum absolute atomic E-state index is 14.0. The lowest BCUT2D eigenvalue weighted by Crippen LogP contribution is -2.47. The predicted molar refractivity (Wildman–Crippen MR) is 80.8 cm³/mol. The molecule has 1 aromatic rings. The third kappa shape index (κ3) is 2.98. The zero-order valence-electron chi connectivity index (χ0n) is 12.8. The van der Waals surface area contributed by atoms with Crippen LogP contribution in [0.1, 0.15) is 44.2 Å². The van der Waals surface area contributed by atoms with Gasteiger partial charge < -0.3 is 5.73 Å². The molecule has 0 spiro atoms. The topological polar surface area (TPSA) is 63.4 Å². The van der Waals surface area contributed by atoms with Gasteiger partial charge in [0, 0.05) is 24.2 Å². The number of sulfonamides is 1. The Labute approximate surface area is 126 Å². The van der Waals surface area contributed by atoms with Crippen LogP contribution in [0.25, 0.3) is 0 Å². The van der Waals surface area contributed by atoms with Gasteiger partial charge in [0.15, 0.2) is 0 Å². The third-order valence-electron chi connectivity index (χ3n) is 4.26. The molecular weight excluding hydrogens is 291 g/mol. The van der Waals surface area contributed by atoms with Gasteiger partial charge in [0.1, 0.15) is 5.82 Å². The summed E-state index contributed by atoms with van der Waals surface area (Å²) in [5.41, 5.74) is 6.20. The molecule has 0 aromatic heterocycles. The van der Waals surface area contributed by atoms with Crippen LogP contribution >= 0.6 is 0 Å². The van der Waals surface area contributed by atoms with Crippen LogP contribution in [-0.2, 0) is 16.6 Å². The average molecular weight is 314 g/mol. The van der Waals surface area contributed by atoms with Crippen LogP contribution in [0.3, 0.4) is 0 Å². The molecule has 6 heteroatoms. The summed E-state index contributed by atoms with van der Waals surface area (Å²) in [6, 6.07) is 2.67. The predicted octanol–water partition coefficient (Wildman–Crippen LogP) is 2.54. The fourth-order valence-electron chi connectivity index (χ4n) is 3.08. The minimum Gasteiger partial charge on any atom is -0.326 e. The van der Waals surface area contributed by atoms with Crippen molar-refractivity contribution in [2.45, 2.75) is 63.6 Å². The van der Waals surface area contributed by atoms with E-state index in [0.29, 0.717) is 5.56 Å². The van der Waals surface area contributed by atoms with Crippen molar-refractivity contribution >= 4 is 10.0 Å². The largest absolute Gasteiger partial charge is 0.326 e. The van der Waals surface area contributed by atoms with E-state index >= 15 is 0 Å². The van der Waals surface area contributed by atoms with Gasteiger partial charge in [-0.05, 0) is 51.3 Å². The van der Waals surface area contributed by atoms with Crippen molar-refractivity contribution in [1.82, 2.24) is 4.31 Å². The van der Waals surface area contributed by atoms with Gasteiger partial charge in [-0.2, -0.15) is 4.31 Å². The molecule has 0 saturated carbocycles. The molecule has 1 aliphatic heterocycles. The van der Waals surface area contributed by atoms with E-state index in [0.717, 1.165) is 19.3 Å². The van der Waals surface area contributed by atoms with Crippen LogP contribution in [0, 0.1) is 12.7 Å². The number of hydrogen-bond acceptors (Lipinski definition) is 3. The third-order valence-corrected chi connectivity index (χ3v) is 6.51. The number of benzene rings is 1. The van der Waals surface area contributed by atoms with Crippen LogP contribution in [0.5, 0.6) is 0 Å². The van der Waals surface area contributed by atoms with Gasteiger partial charge in [0.25, 0.3) is 0 Å². The van der Waals surface area contributed by atoms with E-state index in [1.54, 1.807) is 0 Å². The van der Waals surface area contributed by atoms with E-state index in [1.807, 2.05) is 13.8 Å². The molecule has 118 valence electrons. The van der Waals surface area contributed by atoms with Gasteiger partial charge in [-0.3, -0.25) is 0 Å². The summed E-state index contributed by atoms with van der Waals surface area (Å²) in [7, 11) is -3.71. The van der Waals surface area contributed by atoms with Gasteiger partial charge in [-0.15, -0.1) is 0 Å².